The van der Waals surface area contributed by atoms with Crippen molar-refractivity contribution in [1.29, 1.82) is 0 Å². The molecule has 3 rings (SSSR count). The molecule has 3 aromatic carbocycles. The Labute approximate surface area is 141 Å². The van der Waals surface area contributed by atoms with Gasteiger partial charge in [0.15, 0.2) is 0 Å². The number of ether oxygens (including phenoxy) is 1. The van der Waals surface area contributed by atoms with Crippen LogP contribution in [0.25, 0.3) is 0 Å². The molecule has 0 aromatic heterocycles. The van der Waals surface area contributed by atoms with Crippen molar-refractivity contribution in [2.45, 2.75) is 13.5 Å². The molecule has 0 unspecified atom stereocenters. The minimum atomic E-state index is 0.238. The molecule has 0 atom stereocenters. The molecular weight excluding hydrogens is 298 g/mol. The zero-order valence-electron chi connectivity index (χ0n) is 13.5. The number of rotatable bonds is 5. The Morgan fingerprint density at radius 1 is 0.958 bits per heavy atom. The first-order chi connectivity index (χ1) is 11.7. The lowest BCUT2D eigenvalue weighted by atomic mass is 10.1. The predicted octanol–water partition coefficient (Wildman–Crippen LogP) is 5.03. The van der Waals surface area contributed by atoms with Crippen molar-refractivity contribution in [2.24, 2.45) is 4.99 Å². The van der Waals surface area contributed by atoms with Gasteiger partial charge in [-0.15, -0.1) is 0 Å². The van der Waals surface area contributed by atoms with E-state index in [1.165, 1.54) is 0 Å². The highest BCUT2D eigenvalue weighted by molar-refractivity contribution is 5.85. The molecule has 0 saturated carbocycles. The molecule has 0 saturated heterocycles. The lowest BCUT2D eigenvalue weighted by molar-refractivity contribution is 0.306. The van der Waals surface area contributed by atoms with Crippen LogP contribution in [0.4, 0.5) is 5.69 Å². The zero-order chi connectivity index (χ0) is 16.8. The molecule has 24 heavy (non-hydrogen) atoms. The minimum Gasteiger partial charge on any atom is -0.507 e. The van der Waals surface area contributed by atoms with Gasteiger partial charge in [0.1, 0.15) is 18.1 Å². The number of aryl methyl sites for hydroxylation is 1. The molecule has 0 bridgehead atoms. The van der Waals surface area contributed by atoms with Crippen molar-refractivity contribution in [2.75, 3.05) is 0 Å². The third-order valence-corrected chi connectivity index (χ3v) is 3.62. The molecule has 0 aliphatic heterocycles. The third-order valence-electron chi connectivity index (χ3n) is 3.62. The lowest BCUT2D eigenvalue weighted by Crippen LogP contribution is -1.94. The molecule has 0 radical (unpaired) electrons. The van der Waals surface area contributed by atoms with Crippen LogP contribution in [-0.4, -0.2) is 11.3 Å². The van der Waals surface area contributed by atoms with Gasteiger partial charge in [-0.3, -0.25) is 4.99 Å². The summed E-state index contributed by atoms with van der Waals surface area (Å²) in [6.07, 6.45) is 1.66. The van der Waals surface area contributed by atoms with E-state index in [9.17, 15) is 5.11 Å². The van der Waals surface area contributed by atoms with Crippen molar-refractivity contribution in [3.63, 3.8) is 0 Å². The van der Waals surface area contributed by atoms with E-state index in [-0.39, 0.29) is 5.75 Å². The maximum Gasteiger partial charge on any atom is 0.124 e. The van der Waals surface area contributed by atoms with E-state index in [1.54, 1.807) is 12.3 Å². The van der Waals surface area contributed by atoms with Crippen LogP contribution in [0, 0.1) is 6.92 Å². The van der Waals surface area contributed by atoms with Crippen LogP contribution in [0.3, 0.4) is 0 Å². The van der Waals surface area contributed by atoms with Crippen LogP contribution in [0.15, 0.2) is 77.8 Å². The highest BCUT2D eigenvalue weighted by atomic mass is 16.5. The Morgan fingerprint density at radius 2 is 1.71 bits per heavy atom. The van der Waals surface area contributed by atoms with E-state index >= 15 is 0 Å². The number of phenols is 1. The second kappa shape index (κ2) is 7.47. The van der Waals surface area contributed by atoms with Crippen LogP contribution in [0.5, 0.6) is 11.5 Å². The summed E-state index contributed by atoms with van der Waals surface area (Å²) in [5.41, 5.74) is 3.66. The number of phenolic OH excluding ortho intramolecular Hbond substituents is 1. The number of hydrogen-bond acceptors (Lipinski definition) is 3. The highest BCUT2D eigenvalue weighted by Crippen LogP contribution is 2.21. The van der Waals surface area contributed by atoms with Crippen molar-refractivity contribution in [3.05, 3.63) is 89.5 Å². The monoisotopic (exact) mass is 317 g/mol. The number of aliphatic imine (C=N–C) groups is 1. The summed E-state index contributed by atoms with van der Waals surface area (Å²) in [6, 6.07) is 23.1. The van der Waals surface area contributed by atoms with Crippen LogP contribution in [-0.2, 0) is 6.61 Å². The van der Waals surface area contributed by atoms with Gasteiger partial charge in [-0.25, -0.2) is 0 Å². The molecule has 120 valence electrons. The first-order valence-electron chi connectivity index (χ1n) is 7.81. The van der Waals surface area contributed by atoms with Crippen LogP contribution in [0.1, 0.15) is 16.7 Å². The van der Waals surface area contributed by atoms with Gasteiger partial charge in [-0.1, -0.05) is 36.4 Å². The van der Waals surface area contributed by atoms with Gasteiger partial charge in [-0.05, 0) is 54.4 Å². The summed E-state index contributed by atoms with van der Waals surface area (Å²) >= 11 is 0. The van der Waals surface area contributed by atoms with E-state index in [0.29, 0.717) is 12.2 Å². The summed E-state index contributed by atoms with van der Waals surface area (Å²) in [6.45, 7) is 2.48. The fourth-order valence-electron chi connectivity index (χ4n) is 2.28. The summed E-state index contributed by atoms with van der Waals surface area (Å²) in [4.78, 5) is 4.39. The topological polar surface area (TPSA) is 41.8 Å². The Kier molecular flexibility index (Phi) is 4.92. The normalized spacial score (nSPS) is 10.9. The molecule has 0 amide bonds. The van der Waals surface area contributed by atoms with Crippen LogP contribution < -0.4 is 4.74 Å². The van der Waals surface area contributed by atoms with E-state index in [4.69, 9.17) is 4.74 Å². The zero-order valence-corrected chi connectivity index (χ0v) is 13.5. The van der Waals surface area contributed by atoms with Crippen molar-refractivity contribution >= 4 is 11.9 Å². The number of nitrogens with zero attached hydrogens (tertiary/aromatic N) is 1. The lowest BCUT2D eigenvalue weighted by Gasteiger charge is -2.06. The molecule has 3 nitrogen and oxygen atoms in total. The molecule has 3 heteroatoms. The average Bonchev–Trinajstić information content (AvgIpc) is 2.61. The van der Waals surface area contributed by atoms with E-state index in [0.717, 1.165) is 22.6 Å². The average molecular weight is 317 g/mol. The number of aromatic hydroxyl groups is 1. The fourth-order valence-corrected chi connectivity index (χ4v) is 2.28. The Balaban J connectivity index is 1.63. The van der Waals surface area contributed by atoms with Crippen LogP contribution >= 0.6 is 0 Å². The molecule has 3 aromatic rings. The Bertz CT molecular complexity index is 824. The highest BCUT2D eigenvalue weighted by Gasteiger charge is 1.99. The summed E-state index contributed by atoms with van der Waals surface area (Å²) in [5.74, 6) is 1.04. The first kappa shape index (κ1) is 15.8. The smallest absolute Gasteiger partial charge is 0.124 e. The molecule has 0 spiro atoms. The van der Waals surface area contributed by atoms with Gasteiger partial charge in [0, 0.05) is 11.8 Å². The third kappa shape index (κ3) is 4.23. The van der Waals surface area contributed by atoms with Crippen LogP contribution in [0.2, 0.25) is 0 Å². The van der Waals surface area contributed by atoms with Gasteiger partial charge in [-0.2, -0.15) is 0 Å². The van der Waals surface area contributed by atoms with Gasteiger partial charge >= 0.3 is 0 Å². The molecule has 0 fully saturated rings. The standard InChI is InChI=1S/C21H19NO2/c1-16-7-8-18(21(23)13-16)14-22-19-9-11-20(12-10-19)24-15-17-5-3-2-4-6-17/h2-14,23H,15H2,1H3. The molecule has 0 aliphatic carbocycles. The second-order valence-electron chi connectivity index (χ2n) is 5.59. The van der Waals surface area contributed by atoms with Gasteiger partial charge in [0.2, 0.25) is 0 Å². The van der Waals surface area contributed by atoms with Gasteiger partial charge < -0.3 is 9.84 Å². The Hall–Kier alpha value is -3.07. The van der Waals surface area contributed by atoms with E-state index in [2.05, 4.69) is 4.99 Å². The van der Waals surface area contributed by atoms with Crippen molar-refractivity contribution in [3.8, 4) is 11.5 Å². The molecule has 1 N–H and O–H groups in total. The van der Waals surface area contributed by atoms with E-state index < -0.39 is 0 Å². The number of benzene rings is 3. The van der Waals surface area contributed by atoms with Gasteiger partial charge in [0.25, 0.3) is 0 Å². The summed E-state index contributed by atoms with van der Waals surface area (Å²) < 4.78 is 5.75. The summed E-state index contributed by atoms with van der Waals surface area (Å²) in [5, 5.41) is 9.88. The fraction of sp³-hybridized carbons (Fsp3) is 0.0952. The maximum atomic E-state index is 9.88. The summed E-state index contributed by atoms with van der Waals surface area (Å²) in [7, 11) is 0. The largest absolute Gasteiger partial charge is 0.507 e. The molecule has 0 heterocycles. The second-order valence-corrected chi connectivity index (χ2v) is 5.59. The number of hydrogen-bond donors (Lipinski definition) is 1. The predicted molar refractivity (Wildman–Crippen MR) is 97.3 cm³/mol. The van der Waals surface area contributed by atoms with Crippen molar-refractivity contribution < 1.29 is 9.84 Å². The van der Waals surface area contributed by atoms with E-state index in [1.807, 2.05) is 73.7 Å². The quantitative estimate of drug-likeness (QED) is 0.671. The van der Waals surface area contributed by atoms with Gasteiger partial charge in [0.05, 0.1) is 5.69 Å². The first-order valence-corrected chi connectivity index (χ1v) is 7.81. The molecule has 0 aliphatic rings. The minimum absolute atomic E-state index is 0.238. The SMILES string of the molecule is Cc1ccc(C=Nc2ccc(OCc3ccccc3)cc2)c(O)c1. The molecular formula is C21H19NO2. The Morgan fingerprint density at radius 3 is 2.42 bits per heavy atom. The maximum absolute atomic E-state index is 9.88. The van der Waals surface area contributed by atoms with Crippen molar-refractivity contribution in [1.82, 2.24) is 0 Å².